The van der Waals surface area contributed by atoms with Crippen LogP contribution in [0.1, 0.15) is 57.4 Å². The smallest absolute Gasteiger partial charge is 0.243 e. The number of primary amides is 1. The fourth-order valence-electron chi connectivity index (χ4n) is 5.03. The summed E-state index contributed by atoms with van der Waals surface area (Å²) in [6.07, 6.45) is 0.965. The monoisotopic (exact) mass is 630 g/mol. The minimum absolute atomic E-state index is 0.00233. The molecule has 0 spiro atoms. The molecule has 1 aromatic rings. The van der Waals surface area contributed by atoms with Gasteiger partial charge in [-0.25, -0.2) is 0 Å². The molecule has 6 atom stereocenters. The largest absolute Gasteiger partial charge is 0.508 e. The number of carbonyl (C=O) groups is 7. The number of nitrogens with two attached hydrogens (primary N) is 2. The molecule has 3 heterocycles. The summed E-state index contributed by atoms with van der Waals surface area (Å²) in [5.74, 6) is -4.82. The van der Waals surface area contributed by atoms with E-state index in [4.69, 9.17) is 11.5 Å². The van der Waals surface area contributed by atoms with E-state index in [0.29, 0.717) is 24.9 Å². The number of phenols is 1. The molecule has 7 amide bonds. The van der Waals surface area contributed by atoms with E-state index in [1.54, 1.807) is 12.1 Å². The third-order valence-corrected chi connectivity index (χ3v) is 7.66. The number of benzene rings is 1. The summed E-state index contributed by atoms with van der Waals surface area (Å²) in [7, 11) is 0. The second-order valence-corrected chi connectivity index (χ2v) is 11.3. The van der Waals surface area contributed by atoms with Crippen molar-refractivity contribution in [1.82, 2.24) is 31.9 Å². The molecule has 16 nitrogen and oxygen atoms in total. The Balaban J connectivity index is 1.92. The van der Waals surface area contributed by atoms with E-state index >= 15 is 0 Å². The molecular weight excluding hydrogens is 588 g/mol. The molecule has 3 aliphatic rings. The lowest BCUT2D eigenvalue weighted by molar-refractivity contribution is -0.138. The van der Waals surface area contributed by atoms with Crippen LogP contribution in [0.3, 0.4) is 0 Å². The zero-order valence-corrected chi connectivity index (χ0v) is 25.1. The number of nitrogens with one attached hydrogen (secondary N) is 6. The number of aromatic hydroxyl groups is 1. The molecule has 1 aromatic carbocycles. The number of unbranched alkanes of at least 4 members (excludes halogenated alkanes) is 1. The predicted octanol–water partition coefficient (Wildman–Crippen LogP) is -2.93. The fraction of sp³-hybridized carbons (Fsp3) is 0.552. The Morgan fingerprint density at radius 3 is 1.82 bits per heavy atom. The summed E-state index contributed by atoms with van der Waals surface area (Å²) in [4.78, 5) is 90.8. The second kappa shape index (κ2) is 16.4. The molecule has 0 aromatic heterocycles. The highest BCUT2D eigenvalue weighted by Crippen LogP contribution is 2.14. The second-order valence-electron chi connectivity index (χ2n) is 11.3. The number of fused-ring (bicyclic) bond motifs is 15. The zero-order chi connectivity index (χ0) is 33.1. The summed E-state index contributed by atoms with van der Waals surface area (Å²) in [5, 5.41) is 25.1. The van der Waals surface area contributed by atoms with Gasteiger partial charge in [-0.15, -0.1) is 0 Å². The van der Waals surface area contributed by atoms with Crippen LogP contribution in [0.15, 0.2) is 24.3 Å². The van der Waals surface area contributed by atoms with Crippen molar-refractivity contribution in [1.29, 1.82) is 0 Å². The Morgan fingerprint density at radius 2 is 1.22 bits per heavy atom. The lowest BCUT2D eigenvalue weighted by Crippen LogP contribution is -2.63. The molecular formula is C29H42N8O8. The van der Waals surface area contributed by atoms with Crippen molar-refractivity contribution in [2.75, 3.05) is 6.54 Å². The average molecular weight is 631 g/mol. The first kappa shape index (κ1) is 34.8. The number of hydrogen-bond acceptors (Lipinski definition) is 9. The van der Waals surface area contributed by atoms with Gasteiger partial charge in [0.25, 0.3) is 0 Å². The van der Waals surface area contributed by atoms with Gasteiger partial charge < -0.3 is 48.5 Å². The molecule has 4 rings (SSSR count). The number of phenolic OH excluding ortho intramolecular Hbond substituents is 1. The van der Waals surface area contributed by atoms with Gasteiger partial charge in [0, 0.05) is 12.8 Å². The number of piperidine rings is 1. The Bertz CT molecular complexity index is 1270. The molecule has 2 unspecified atom stereocenters. The van der Waals surface area contributed by atoms with Crippen LogP contribution >= 0.6 is 0 Å². The molecule has 3 aliphatic heterocycles. The molecule has 3 fully saturated rings. The van der Waals surface area contributed by atoms with Gasteiger partial charge in [-0.05, 0) is 69.7 Å². The lowest BCUT2D eigenvalue weighted by atomic mass is 9.97. The molecule has 0 radical (unpaired) electrons. The molecule has 246 valence electrons. The summed E-state index contributed by atoms with van der Waals surface area (Å²) in [5.41, 5.74) is 11.5. The molecule has 2 bridgehead atoms. The van der Waals surface area contributed by atoms with Crippen molar-refractivity contribution in [2.45, 2.75) is 94.5 Å². The molecule has 11 N–H and O–H groups in total. The third-order valence-electron chi connectivity index (χ3n) is 7.66. The van der Waals surface area contributed by atoms with Gasteiger partial charge in [0.05, 0.1) is 0 Å². The first-order chi connectivity index (χ1) is 21.4. The normalized spacial score (nSPS) is 26.7. The van der Waals surface area contributed by atoms with Crippen LogP contribution in [-0.2, 0) is 40.0 Å². The summed E-state index contributed by atoms with van der Waals surface area (Å²) >= 11 is 0. The predicted molar refractivity (Wildman–Crippen MR) is 160 cm³/mol. The Morgan fingerprint density at radius 1 is 0.711 bits per heavy atom. The van der Waals surface area contributed by atoms with E-state index < -0.39 is 77.6 Å². The average Bonchev–Trinajstić information content (AvgIpc) is 2.99. The molecule has 0 aliphatic carbocycles. The van der Waals surface area contributed by atoms with Crippen LogP contribution in [-0.4, -0.2) is 89.3 Å². The van der Waals surface area contributed by atoms with E-state index in [1.807, 2.05) is 0 Å². The van der Waals surface area contributed by atoms with Gasteiger partial charge in [-0.2, -0.15) is 0 Å². The van der Waals surface area contributed by atoms with Gasteiger partial charge in [0.2, 0.25) is 41.4 Å². The fourth-order valence-corrected chi connectivity index (χ4v) is 5.03. The first-order valence-corrected chi connectivity index (χ1v) is 15.0. The van der Waals surface area contributed by atoms with Gasteiger partial charge in [0.1, 0.15) is 42.0 Å². The highest BCUT2D eigenvalue weighted by molar-refractivity contribution is 5.98. The maximum Gasteiger partial charge on any atom is 0.243 e. The maximum atomic E-state index is 13.4. The third kappa shape index (κ3) is 10.4. The van der Waals surface area contributed by atoms with Gasteiger partial charge in [-0.3, -0.25) is 33.6 Å². The quantitative estimate of drug-likeness (QED) is 0.0997. The van der Waals surface area contributed by atoms with Crippen LogP contribution in [0.25, 0.3) is 0 Å². The van der Waals surface area contributed by atoms with E-state index in [1.165, 1.54) is 19.1 Å². The van der Waals surface area contributed by atoms with Crippen LogP contribution in [0.4, 0.5) is 0 Å². The summed E-state index contributed by atoms with van der Waals surface area (Å²) in [6, 6.07) is -0.746. The van der Waals surface area contributed by atoms with Gasteiger partial charge >= 0.3 is 0 Å². The van der Waals surface area contributed by atoms with Gasteiger partial charge in [0.15, 0.2) is 0 Å². The van der Waals surface area contributed by atoms with Crippen LogP contribution < -0.4 is 43.4 Å². The first-order valence-electron chi connectivity index (χ1n) is 15.0. The molecule has 45 heavy (non-hydrogen) atoms. The van der Waals surface area contributed by atoms with Crippen molar-refractivity contribution >= 4 is 41.4 Å². The van der Waals surface area contributed by atoms with Crippen molar-refractivity contribution < 1.29 is 38.7 Å². The number of amides is 7. The van der Waals surface area contributed by atoms with E-state index in [-0.39, 0.29) is 44.3 Å². The van der Waals surface area contributed by atoms with Crippen molar-refractivity contribution in [3.63, 3.8) is 0 Å². The van der Waals surface area contributed by atoms with E-state index in [9.17, 15) is 38.7 Å². The number of carbonyl (C=O) groups excluding carboxylic acids is 7. The zero-order valence-electron chi connectivity index (χ0n) is 25.1. The molecule has 16 heteroatoms. The molecule has 3 saturated heterocycles. The van der Waals surface area contributed by atoms with Crippen molar-refractivity contribution in [3.05, 3.63) is 29.8 Å². The number of hydrogen-bond donors (Lipinski definition) is 9. The van der Waals surface area contributed by atoms with E-state index in [2.05, 4.69) is 31.9 Å². The Kier molecular flexibility index (Phi) is 12.6. The van der Waals surface area contributed by atoms with Crippen molar-refractivity contribution in [3.8, 4) is 5.75 Å². The van der Waals surface area contributed by atoms with Crippen molar-refractivity contribution in [2.24, 2.45) is 11.5 Å². The van der Waals surface area contributed by atoms with Crippen LogP contribution in [0, 0.1) is 0 Å². The standard InChI is InChI=1S/C29H42N8O8/c1-15-24(40)33-18(4-2-3-13-30)25(41)36-21(11-12-23(31)39)27(43)34-19-9-10-20(35-26(19)42)28(44)37-22(29(45)32-15)14-16-5-7-17(38)8-6-16/h5-8,15,18-22,38H,2-4,9-14,30H2,1H3,(H2,31,39)(H,32,45)(H,33,40)(H,34,43)(H,35,42)(H,36,41)(H,37,44)/t15-,18-,19?,20?,21-,22-/m0/s1. The highest BCUT2D eigenvalue weighted by Gasteiger charge is 2.37. The topological polar surface area (TPSA) is 264 Å². The maximum absolute atomic E-state index is 13.4. The van der Waals surface area contributed by atoms with Crippen LogP contribution in [0.5, 0.6) is 5.75 Å². The molecule has 0 saturated carbocycles. The van der Waals surface area contributed by atoms with Gasteiger partial charge in [-0.1, -0.05) is 12.1 Å². The Hall–Kier alpha value is -4.73. The minimum atomic E-state index is -1.26. The highest BCUT2D eigenvalue weighted by atomic mass is 16.3. The lowest BCUT2D eigenvalue weighted by Gasteiger charge is -2.32. The summed E-state index contributed by atoms with van der Waals surface area (Å²) < 4.78 is 0. The van der Waals surface area contributed by atoms with Crippen LogP contribution in [0.2, 0.25) is 0 Å². The number of rotatable bonds is 9. The minimum Gasteiger partial charge on any atom is -0.508 e. The van der Waals surface area contributed by atoms with E-state index in [0.717, 1.165) is 0 Å². The SMILES string of the molecule is C[C@@H]1NC(=O)[C@H](Cc2ccc(O)cc2)NC(=O)C2CCC(NC(=O)[C@H](CCC(N)=O)NC(=O)[C@H](CCCCN)NC1=O)C(=O)N2. The Labute approximate surface area is 260 Å². The summed E-state index contributed by atoms with van der Waals surface area (Å²) in [6.45, 7) is 1.75.